The van der Waals surface area contributed by atoms with Crippen LogP contribution in [0.1, 0.15) is 33.3 Å². The van der Waals surface area contributed by atoms with Crippen LogP contribution >= 0.6 is 0 Å². The Morgan fingerprint density at radius 2 is 2.12 bits per heavy atom. The number of hydrogen-bond acceptors (Lipinski definition) is 4. The highest BCUT2D eigenvalue weighted by Crippen LogP contribution is 2.39. The van der Waals surface area contributed by atoms with Crippen LogP contribution in [0.5, 0.6) is 0 Å². The molecule has 17 heavy (non-hydrogen) atoms. The van der Waals surface area contributed by atoms with E-state index in [1.807, 2.05) is 0 Å². The summed E-state index contributed by atoms with van der Waals surface area (Å²) in [5, 5.41) is 10.6. The van der Waals surface area contributed by atoms with E-state index in [2.05, 4.69) is 4.98 Å². The lowest BCUT2D eigenvalue weighted by molar-refractivity contribution is -0.170. The fourth-order valence-corrected chi connectivity index (χ4v) is 1.52. The molecule has 0 aliphatic heterocycles. The smallest absolute Gasteiger partial charge is 0.314 e. The number of rotatable bonds is 4. The first-order chi connectivity index (χ1) is 7.84. The third kappa shape index (κ3) is 2.47. The Morgan fingerprint density at radius 1 is 1.47 bits per heavy atom. The van der Waals surface area contributed by atoms with Gasteiger partial charge in [-0.1, -0.05) is 6.07 Å². The van der Waals surface area contributed by atoms with Gasteiger partial charge in [-0.3, -0.25) is 9.78 Å². The van der Waals surface area contributed by atoms with Crippen molar-refractivity contribution in [3.8, 4) is 0 Å². The van der Waals surface area contributed by atoms with Gasteiger partial charge in [0.2, 0.25) is 0 Å². The van der Waals surface area contributed by atoms with Gasteiger partial charge < -0.3 is 9.84 Å². The molecule has 0 aliphatic carbocycles. The van der Waals surface area contributed by atoms with Crippen molar-refractivity contribution in [2.75, 3.05) is 6.61 Å². The Labute approximate surface area is 102 Å². The summed E-state index contributed by atoms with van der Waals surface area (Å²) in [4.78, 5) is 15.8. The lowest BCUT2D eigenvalue weighted by atomic mass is 9.72. The molecule has 94 valence electrons. The van der Waals surface area contributed by atoms with E-state index in [0.29, 0.717) is 12.2 Å². The molecular formula is C13H19NO3. The summed E-state index contributed by atoms with van der Waals surface area (Å²) in [6.07, 6.45) is 3.18. The summed E-state index contributed by atoms with van der Waals surface area (Å²) in [5.74, 6) is -0.422. The number of aliphatic hydroxyl groups is 1. The van der Waals surface area contributed by atoms with Crippen molar-refractivity contribution in [3.05, 3.63) is 30.1 Å². The van der Waals surface area contributed by atoms with Crippen LogP contribution in [0, 0.1) is 5.41 Å². The molecule has 0 spiro atoms. The lowest BCUT2D eigenvalue weighted by Gasteiger charge is -2.37. The second-order valence-corrected chi connectivity index (χ2v) is 4.66. The van der Waals surface area contributed by atoms with E-state index in [1.54, 1.807) is 52.2 Å². The topological polar surface area (TPSA) is 59.4 Å². The van der Waals surface area contributed by atoms with Crippen LogP contribution in [0.15, 0.2) is 24.5 Å². The van der Waals surface area contributed by atoms with Crippen LogP contribution in [0.2, 0.25) is 0 Å². The number of carbonyl (C=O) groups excluding carboxylic acids is 1. The molecule has 4 nitrogen and oxygen atoms in total. The first-order valence-corrected chi connectivity index (χ1v) is 5.64. The Hall–Kier alpha value is -1.42. The average Bonchev–Trinajstić information content (AvgIpc) is 2.30. The largest absolute Gasteiger partial charge is 0.465 e. The zero-order valence-corrected chi connectivity index (χ0v) is 10.7. The number of carbonyl (C=O) groups is 1. The first-order valence-electron chi connectivity index (χ1n) is 5.64. The zero-order valence-electron chi connectivity index (χ0n) is 10.7. The third-order valence-corrected chi connectivity index (χ3v) is 3.23. The van der Waals surface area contributed by atoms with Crippen molar-refractivity contribution in [1.29, 1.82) is 0 Å². The van der Waals surface area contributed by atoms with E-state index >= 15 is 0 Å². The molecule has 1 aromatic rings. The zero-order chi connectivity index (χ0) is 13.1. The molecule has 1 rings (SSSR count). The van der Waals surface area contributed by atoms with E-state index in [1.165, 1.54) is 0 Å². The summed E-state index contributed by atoms with van der Waals surface area (Å²) in [6.45, 7) is 6.97. The van der Waals surface area contributed by atoms with Gasteiger partial charge in [-0.2, -0.15) is 0 Å². The van der Waals surface area contributed by atoms with E-state index in [0.717, 1.165) is 0 Å². The fraction of sp³-hybridized carbons (Fsp3) is 0.538. The maximum atomic E-state index is 11.9. The predicted octanol–water partition coefficient (Wildman–Crippen LogP) is 1.88. The highest BCUT2D eigenvalue weighted by molar-refractivity contribution is 5.77. The van der Waals surface area contributed by atoms with E-state index in [-0.39, 0.29) is 0 Å². The van der Waals surface area contributed by atoms with Gasteiger partial charge in [0.1, 0.15) is 5.60 Å². The first kappa shape index (κ1) is 13.6. The molecule has 1 unspecified atom stereocenters. The molecule has 0 saturated carbocycles. The van der Waals surface area contributed by atoms with E-state index in [4.69, 9.17) is 4.74 Å². The molecule has 0 aliphatic rings. The highest BCUT2D eigenvalue weighted by atomic mass is 16.5. The fourth-order valence-electron chi connectivity index (χ4n) is 1.52. The number of ether oxygens (including phenoxy) is 1. The molecule has 0 amide bonds. The quantitative estimate of drug-likeness (QED) is 0.812. The molecule has 1 aromatic heterocycles. The van der Waals surface area contributed by atoms with Crippen LogP contribution in [0.4, 0.5) is 0 Å². The molecule has 0 fully saturated rings. The monoisotopic (exact) mass is 237 g/mol. The molecule has 0 radical (unpaired) electrons. The molecule has 1 N–H and O–H groups in total. The second-order valence-electron chi connectivity index (χ2n) is 4.66. The third-order valence-electron chi connectivity index (χ3n) is 3.23. The minimum Gasteiger partial charge on any atom is -0.465 e. The number of pyridine rings is 1. The normalized spacial score (nSPS) is 15.1. The van der Waals surface area contributed by atoms with Gasteiger partial charge in [-0.15, -0.1) is 0 Å². The molecule has 1 heterocycles. The van der Waals surface area contributed by atoms with Crippen molar-refractivity contribution in [3.63, 3.8) is 0 Å². The summed E-state index contributed by atoms with van der Waals surface area (Å²) < 4.78 is 5.00. The van der Waals surface area contributed by atoms with Gasteiger partial charge in [-0.05, 0) is 33.8 Å². The van der Waals surface area contributed by atoms with Gasteiger partial charge in [0.15, 0.2) is 0 Å². The standard InChI is InChI=1S/C13H19NO3/c1-5-17-11(15)12(2,3)13(4,16)10-7-6-8-14-9-10/h6-9,16H,5H2,1-4H3. The molecule has 4 heteroatoms. The Bertz CT molecular complexity index is 385. The summed E-state index contributed by atoms with van der Waals surface area (Å²) >= 11 is 0. The van der Waals surface area contributed by atoms with Gasteiger partial charge >= 0.3 is 5.97 Å². The van der Waals surface area contributed by atoms with E-state index < -0.39 is 17.0 Å². The maximum Gasteiger partial charge on any atom is 0.314 e. The molecular weight excluding hydrogens is 218 g/mol. The predicted molar refractivity (Wildman–Crippen MR) is 64.2 cm³/mol. The van der Waals surface area contributed by atoms with Gasteiger partial charge in [0, 0.05) is 18.0 Å². The summed E-state index contributed by atoms with van der Waals surface area (Å²) in [6, 6.07) is 3.47. The minimum atomic E-state index is -1.33. The van der Waals surface area contributed by atoms with Crippen molar-refractivity contribution >= 4 is 5.97 Å². The highest BCUT2D eigenvalue weighted by Gasteiger charge is 2.47. The Balaban J connectivity index is 3.08. The Kier molecular flexibility index (Phi) is 3.88. The van der Waals surface area contributed by atoms with Crippen molar-refractivity contribution in [2.45, 2.75) is 33.3 Å². The molecule has 0 aromatic carbocycles. The van der Waals surface area contributed by atoms with Crippen LogP contribution in [0.25, 0.3) is 0 Å². The number of aromatic nitrogens is 1. The number of nitrogens with zero attached hydrogens (tertiary/aromatic N) is 1. The van der Waals surface area contributed by atoms with Crippen molar-refractivity contribution < 1.29 is 14.6 Å². The summed E-state index contributed by atoms with van der Waals surface area (Å²) in [5.41, 5.74) is -1.77. The van der Waals surface area contributed by atoms with Crippen LogP contribution in [-0.2, 0) is 15.1 Å². The lowest BCUT2D eigenvalue weighted by Crippen LogP contribution is -2.46. The Morgan fingerprint density at radius 3 is 2.59 bits per heavy atom. The molecule has 0 bridgehead atoms. The molecule has 1 atom stereocenters. The number of hydrogen-bond donors (Lipinski definition) is 1. The van der Waals surface area contributed by atoms with Crippen molar-refractivity contribution in [2.24, 2.45) is 5.41 Å². The average molecular weight is 237 g/mol. The summed E-state index contributed by atoms with van der Waals surface area (Å²) in [7, 11) is 0. The van der Waals surface area contributed by atoms with Gasteiger partial charge in [-0.25, -0.2) is 0 Å². The SMILES string of the molecule is CCOC(=O)C(C)(C)C(C)(O)c1cccnc1. The molecule has 0 saturated heterocycles. The van der Waals surface area contributed by atoms with Crippen LogP contribution < -0.4 is 0 Å². The van der Waals surface area contributed by atoms with Gasteiger partial charge in [0.05, 0.1) is 12.0 Å². The van der Waals surface area contributed by atoms with Gasteiger partial charge in [0.25, 0.3) is 0 Å². The maximum absolute atomic E-state index is 11.9. The number of esters is 1. The van der Waals surface area contributed by atoms with E-state index in [9.17, 15) is 9.90 Å². The second kappa shape index (κ2) is 4.84. The van der Waals surface area contributed by atoms with Crippen LogP contribution in [-0.4, -0.2) is 22.7 Å². The minimum absolute atomic E-state index is 0.297. The van der Waals surface area contributed by atoms with Crippen molar-refractivity contribution in [1.82, 2.24) is 4.98 Å². The van der Waals surface area contributed by atoms with Crippen LogP contribution in [0.3, 0.4) is 0 Å².